The number of hydrogen-bond acceptors (Lipinski definition) is 5. The van der Waals surface area contributed by atoms with E-state index in [1.165, 1.54) is 0 Å². The molecule has 25 heavy (non-hydrogen) atoms. The minimum absolute atomic E-state index is 0.413. The van der Waals surface area contributed by atoms with Crippen LogP contribution in [0.3, 0.4) is 0 Å². The summed E-state index contributed by atoms with van der Waals surface area (Å²) in [6.45, 7) is 0.625. The fourth-order valence-corrected chi connectivity index (χ4v) is 2.52. The molecule has 1 atom stereocenters. The van der Waals surface area contributed by atoms with E-state index in [0.29, 0.717) is 17.8 Å². The largest absolute Gasteiger partial charge is 0.399 e. The van der Waals surface area contributed by atoms with Crippen molar-refractivity contribution in [3.05, 3.63) is 84.1 Å². The normalized spacial score (nSPS) is 19.0. The average Bonchev–Trinajstić information content (AvgIpc) is 2.63. The number of carbonyl (C=O) groups excluding carboxylic acids is 1. The maximum atomic E-state index is 11.3. The zero-order chi connectivity index (χ0) is 17.7. The van der Waals surface area contributed by atoms with Crippen molar-refractivity contribution < 1.29 is 4.79 Å². The van der Waals surface area contributed by atoms with Gasteiger partial charge in [0.15, 0.2) is 5.79 Å². The van der Waals surface area contributed by atoms with Crippen LogP contribution >= 0.6 is 0 Å². The van der Waals surface area contributed by atoms with E-state index in [-0.39, 0.29) is 0 Å². The maximum Gasteiger partial charge on any atom is 0.250 e. The first-order valence-corrected chi connectivity index (χ1v) is 7.96. The summed E-state index contributed by atoms with van der Waals surface area (Å²) in [5.74, 6) is -1.24. The molecule has 3 rings (SSSR count). The zero-order valence-corrected chi connectivity index (χ0v) is 13.7. The van der Waals surface area contributed by atoms with Crippen LogP contribution in [0.4, 0.5) is 11.4 Å². The van der Waals surface area contributed by atoms with E-state index in [2.05, 4.69) is 16.0 Å². The van der Waals surface area contributed by atoms with E-state index in [9.17, 15) is 4.79 Å². The Bertz CT molecular complexity index is 798. The van der Waals surface area contributed by atoms with Crippen molar-refractivity contribution in [2.75, 3.05) is 11.1 Å². The minimum atomic E-state index is -0.759. The lowest BCUT2D eigenvalue weighted by Crippen LogP contribution is -2.60. The first kappa shape index (κ1) is 16.6. The van der Waals surface area contributed by atoms with Gasteiger partial charge in [0.25, 0.3) is 0 Å². The number of carbonyl (C=O) groups is 1. The molecule has 0 bridgehead atoms. The standard InChI is InChI=1S/C19H21N5O/c20-16-6-8-17(9-7-16)24-19(11-10-15(13-23-19)18(21)25)22-12-14-4-2-1-3-5-14/h1-11,13,22-24H,12,20H2,(H2,21,25). The van der Waals surface area contributed by atoms with Crippen LogP contribution in [0.15, 0.2) is 78.5 Å². The van der Waals surface area contributed by atoms with Crippen molar-refractivity contribution in [2.24, 2.45) is 5.73 Å². The molecule has 0 aromatic heterocycles. The lowest BCUT2D eigenvalue weighted by atomic mass is 10.1. The topological polar surface area (TPSA) is 105 Å². The second-order valence-corrected chi connectivity index (χ2v) is 5.84. The lowest BCUT2D eigenvalue weighted by molar-refractivity contribution is -0.114. The second kappa shape index (κ2) is 7.11. The van der Waals surface area contributed by atoms with Gasteiger partial charge in [-0.2, -0.15) is 0 Å². The average molecular weight is 335 g/mol. The van der Waals surface area contributed by atoms with Gasteiger partial charge in [0, 0.05) is 24.1 Å². The highest BCUT2D eigenvalue weighted by Gasteiger charge is 2.28. The molecule has 6 heteroatoms. The Morgan fingerprint density at radius 2 is 1.80 bits per heavy atom. The van der Waals surface area contributed by atoms with Gasteiger partial charge in [-0.15, -0.1) is 0 Å². The molecule has 0 saturated heterocycles. The van der Waals surface area contributed by atoms with Crippen LogP contribution in [-0.2, 0) is 11.3 Å². The molecule has 128 valence electrons. The Morgan fingerprint density at radius 1 is 1.08 bits per heavy atom. The van der Waals surface area contributed by atoms with Crippen LogP contribution in [0, 0.1) is 0 Å². The third-order valence-electron chi connectivity index (χ3n) is 3.92. The van der Waals surface area contributed by atoms with E-state index >= 15 is 0 Å². The van der Waals surface area contributed by atoms with Crippen LogP contribution in [0.25, 0.3) is 0 Å². The van der Waals surface area contributed by atoms with Crippen molar-refractivity contribution in [3.8, 4) is 0 Å². The molecule has 2 aromatic rings. The van der Waals surface area contributed by atoms with E-state index in [0.717, 1.165) is 11.3 Å². The van der Waals surface area contributed by atoms with Gasteiger partial charge in [-0.05, 0) is 42.0 Å². The fraction of sp³-hybridized carbons (Fsp3) is 0.105. The number of rotatable bonds is 6. The Labute approximate surface area is 146 Å². The summed E-state index contributed by atoms with van der Waals surface area (Å²) in [7, 11) is 0. The van der Waals surface area contributed by atoms with Gasteiger partial charge < -0.3 is 22.1 Å². The van der Waals surface area contributed by atoms with Crippen LogP contribution in [0.1, 0.15) is 5.56 Å². The van der Waals surface area contributed by atoms with Crippen LogP contribution in [0.2, 0.25) is 0 Å². The van der Waals surface area contributed by atoms with Gasteiger partial charge >= 0.3 is 0 Å². The number of hydrogen-bond donors (Lipinski definition) is 5. The number of primary amides is 1. The molecule has 0 fully saturated rings. The predicted molar refractivity (Wildman–Crippen MR) is 100 cm³/mol. The van der Waals surface area contributed by atoms with Gasteiger partial charge in [0.1, 0.15) is 0 Å². The maximum absolute atomic E-state index is 11.3. The number of dihydropyridines is 1. The lowest BCUT2D eigenvalue weighted by Gasteiger charge is -2.36. The summed E-state index contributed by atoms with van der Waals surface area (Å²) >= 11 is 0. The molecule has 1 amide bonds. The summed E-state index contributed by atoms with van der Waals surface area (Å²) in [4.78, 5) is 11.3. The Balaban J connectivity index is 1.80. The fourth-order valence-electron chi connectivity index (χ4n) is 2.52. The third-order valence-corrected chi connectivity index (χ3v) is 3.92. The van der Waals surface area contributed by atoms with Crippen molar-refractivity contribution >= 4 is 17.3 Å². The molecule has 6 nitrogen and oxygen atoms in total. The van der Waals surface area contributed by atoms with Crippen molar-refractivity contribution in [1.82, 2.24) is 10.6 Å². The van der Waals surface area contributed by atoms with Crippen LogP contribution < -0.4 is 27.4 Å². The Morgan fingerprint density at radius 3 is 2.40 bits per heavy atom. The van der Waals surface area contributed by atoms with E-state index < -0.39 is 11.7 Å². The highest BCUT2D eigenvalue weighted by molar-refractivity contribution is 5.95. The van der Waals surface area contributed by atoms with Crippen molar-refractivity contribution in [1.29, 1.82) is 0 Å². The van der Waals surface area contributed by atoms with E-state index in [1.807, 2.05) is 60.7 Å². The third kappa shape index (κ3) is 4.19. The summed E-state index contributed by atoms with van der Waals surface area (Å²) < 4.78 is 0. The zero-order valence-electron chi connectivity index (χ0n) is 13.7. The molecule has 2 aromatic carbocycles. The van der Waals surface area contributed by atoms with Gasteiger partial charge in [0.05, 0.1) is 5.57 Å². The smallest absolute Gasteiger partial charge is 0.250 e. The number of amides is 1. The summed E-state index contributed by atoms with van der Waals surface area (Å²) in [6.07, 6.45) is 5.14. The van der Waals surface area contributed by atoms with Crippen LogP contribution in [0.5, 0.6) is 0 Å². The summed E-state index contributed by atoms with van der Waals surface area (Å²) in [6, 6.07) is 17.5. The molecule has 1 aliphatic heterocycles. The highest BCUT2D eigenvalue weighted by atomic mass is 16.1. The second-order valence-electron chi connectivity index (χ2n) is 5.84. The number of anilines is 2. The molecule has 1 heterocycles. The Hall–Kier alpha value is -3.25. The first-order valence-electron chi connectivity index (χ1n) is 7.96. The van der Waals surface area contributed by atoms with Gasteiger partial charge in [-0.1, -0.05) is 30.3 Å². The Kier molecular flexibility index (Phi) is 4.72. The van der Waals surface area contributed by atoms with E-state index in [1.54, 1.807) is 12.3 Å². The molecule has 0 saturated carbocycles. The summed E-state index contributed by atoms with van der Waals surface area (Å²) in [5, 5.41) is 10.0. The summed E-state index contributed by atoms with van der Waals surface area (Å²) in [5.41, 5.74) is 14.2. The molecule has 1 aliphatic rings. The molecule has 7 N–H and O–H groups in total. The predicted octanol–water partition coefficient (Wildman–Crippen LogP) is 1.65. The molecular weight excluding hydrogens is 314 g/mol. The number of nitrogen functional groups attached to an aromatic ring is 1. The van der Waals surface area contributed by atoms with Gasteiger partial charge in [-0.25, -0.2) is 0 Å². The quantitative estimate of drug-likeness (QED) is 0.408. The SMILES string of the molecule is NC(=O)C1=CNC(NCc2ccccc2)(Nc2ccc(N)cc2)C=C1. The van der Waals surface area contributed by atoms with E-state index in [4.69, 9.17) is 11.5 Å². The minimum Gasteiger partial charge on any atom is -0.399 e. The molecule has 0 aliphatic carbocycles. The van der Waals surface area contributed by atoms with Gasteiger partial charge in [-0.3, -0.25) is 10.1 Å². The number of nitrogens with one attached hydrogen (secondary N) is 3. The monoisotopic (exact) mass is 335 g/mol. The molecule has 0 spiro atoms. The first-order chi connectivity index (χ1) is 12.1. The number of nitrogens with two attached hydrogens (primary N) is 2. The molecular formula is C19H21N5O. The molecule has 1 unspecified atom stereocenters. The van der Waals surface area contributed by atoms with Crippen molar-refractivity contribution in [3.63, 3.8) is 0 Å². The highest BCUT2D eigenvalue weighted by Crippen LogP contribution is 2.19. The van der Waals surface area contributed by atoms with Crippen molar-refractivity contribution in [2.45, 2.75) is 12.3 Å². The molecule has 0 radical (unpaired) electrons. The number of benzene rings is 2. The van der Waals surface area contributed by atoms with Gasteiger partial charge in [0.2, 0.25) is 5.91 Å². The van der Waals surface area contributed by atoms with Crippen LogP contribution in [-0.4, -0.2) is 11.7 Å².